The van der Waals surface area contributed by atoms with Crippen LogP contribution in [0.3, 0.4) is 0 Å². The number of carbonyl (C=O) groups is 1. The second-order valence-corrected chi connectivity index (χ2v) is 5.21. The van der Waals surface area contributed by atoms with Crippen molar-refractivity contribution in [2.45, 2.75) is 12.5 Å². The molecule has 8 heteroatoms. The Kier molecular flexibility index (Phi) is 4.20. The van der Waals surface area contributed by atoms with Gasteiger partial charge in [0.1, 0.15) is 16.8 Å². The van der Waals surface area contributed by atoms with Gasteiger partial charge in [0.05, 0.1) is 17.6 Å². The molecule has 0 bridgehead atoms. The molecule has 1 aliphatic heterocycles. The van der Waals surface area contributed by atoms with Gasteiger partial charge < -0.3 is 10.2 Å². The van der Waals surface area contributed by atoms with Crippen LogP contribution in [-0.2, 0) is 9.63 Å². The van der Waals surface area contributed by atoms with Crippen LogP contribution in [0.15, 0.2) is 41.7 Å². The van der Waals surface area contributed by atoms with Crippen LogP contribution in [0.25, 0.3) is 0 Å². The molecule has 0 radical (unpaired) electrons. The van der Waals surface area contributed by atoms with E-state index < -0.39 is 23.6 Å². The molecule has 5 nitrogen and oxygen atoms in total. The number of benzene rings is 1. The number of aromatic nitrogens is 1. The molecule has 1 unspecified atom stereocenters. The SMILES string of the molecule is O=C(Nc1ccc(Cl)nc1)C1CC(c2cc(F)ccc2F)=NO1. The number of carbonyl (C=O) groups excluding carboxylic acids is 1. The van der Waals surface area contributed by atoms with Gasteiger partial charge in [-0.15, -0.1) is 0 Å². The first-order valence-corrected chi connectivity index (χ1v) is 7.01. The lowest BCUT2D eigenvalue weighted by Crippen LogP contribution is -2.28. The third-order valence-electron chi connectivity index (χ3n) is 3.20. The van der Waals surface area contributed by atoms with E-state index in [0.29, 0.717) is 10.8 Å². The van der Waals surface area contributed by atoms with E-state index in [9.17, 15) is 13.6 Å². The third kappa shape index (κ3) is 3.45. The average molecular weight is 338 g/mol. The number of oxime groups is 1. The van der Waals surface area contributed by atoms with Crippen molar-refractivity contribution in [3.05, 3.63) is 58.9 Å². The Hall–Kier alpha value is -2.54. The predicted molar refractivity (Wildman–Crippen MR) is 80.3 cm³/mol. The molecule has 1 aliphatic rings. The second-order valence-electron chi connectivity index (χ2n) is 4.82. The van der Waals surface area contributed by atoms with Crippen LogP contribution in [-0.4, -0.2) is 22.7 Å². The third-order valence-corrected chi connectivity index (χ3v) is 3.42. The van der Waals surface area contributed by atoms with Gasteiger partial charge in [0, 0.05) is 12.0 Å². The Morgan fingerprint density at radius 3 is 2.87 bits per heavy atom. The lowest BCUT2D eigenvalue weighted by Gasteiger charge is -2.09. The van der Waals surface area contributed by atoms with Crippen LogP contribution in [0.4, 0.5) is 14.5 Å². The summed E-state index contributed by atoms with van der Waals surface area (Å²) in [6.45, 7) is 0. The molecule has 118 valence electrons. The van der Waals surface area contributed by atoms with Crippen molar-refractivity contribution in [2.75, 3.05) is 5.32 Å². The van der Waals surface area contributed by atoms with Crippen LogP contribution in [0, 0.1) is 11.6 Å². The fraction of sp³-hybridized carbons (Fsp3) is 0.133. The Bertz CT molecular complexity index is 781. The summed E-state index contributed by atoms with van der Waals surface area (Å²) >= 11 is 5.66. The maximum atomic E-state index is 13.7. The highest BCUT2D eigenvalue weighted by molar-refractivity contribution is 6.29. The molecule has 2 aromatic rings. The maximum absolute atomic E-state index is 13.7. The van der Waals surface area contributed by atoms with Crippen LogP contribution >= 0.6 is 11.6 Å². The Morgan fingerprint density at radius 2 is 2.13 bits per heavy atom. The summed E-state index contributed by atoms with van der Waals surface area (Å²) in [5.74, 6) is -1.69. The molecular weight excluding hydrogens is 328 g/mol. The molecule has 1 N–H and O–H groups in total. The first-order chi connectivity index (χ1) is 11.0. The van der Waals surface area contributed by atoms with Crippen LogP contribution in [0.2, 0.25) is 5.15 Å². The van der Waals surface area contributed by atoms with Gasteiger partial charge in [-0.25, -0.2) is 13.8 Å². The van der Waals surface area contributed by atoms with Gasteiger partial charge in [-0.05, 0) is 30.3 Å². The van der Waals surface area contributed by atoms with Crippen molar-refractivity contribution in [3.63, 3.8) is 0 Å². The standard InChI is InChI=1S/C15H10ClF2N3O2/c16-14-4-2-9(7-19-14)20-15(22)13-6-12(21-23-13)10-5-8(17)1-3-11(10)18/h1-5,7,13H,6H2,(H,20,22). The Balaban J connectivity index is 1.67. The monoisotopic (exact) mass is 337 g/mol. The van der Waals surface area contributed by atoms with E-state index in [1.165, 1.54) is 12.3 Å². The number of anilines is 1. The van der Waals surface area contributed by atoms with Crippen molar-refractivity contribution in [1.29, 1.82) is 0 Å². The van der Waals surface area contributed by atoms with Gasteiger partial charge in [-0.2, -0.15) is 0 Å². The van der Waals surface area contributed by atoms with Crippen molar-refractivity contribution in [2.24, 2.45) is 5.16 Å². The molecule has 23 heavy (non-hydrogen) atoms. The summed E-state index contributed by atoms with van der Waals surface area (Å²) < 4.78 is 26.9. The number of pyridine rings is 1. The first kappa shape index (κ1) is 15.4. The second kappa shape index (κ2) is 6.29. The fourth-order valence-corrected chi connectivity index (χ4v) is 2.18. The smallest absolute Gasteiger partial charge is 0.268 e. The highest BCUT2D eigenvalue weighted by Gasteiger charge is 2.30. The van der Waals surface area contributed by atoms with Gasteiger partial charge in [0.25, 0.3) is 5.91 Å². The van der Waals surface area contributed by atoms with Gasteiger partial charge in [0.2, 0.25) is 6.10 Å². The molecule has 0 fully saturated rings. The van der Waals surface area contributed by atoms with Gasteiger partial charge in [-0.3, -0.25) is 4.79 Å². The van der Waals surface area contributed by atoms with Crippen molar-refractivity contribution in [3.8, 4) is 0 Å². The molecule has 1 amide bonds. The zero-order chi connectivity index (χ0) is 16.4. The number of hydrogen-bond donors (Lipinski definition) is 1. The lowest BCUT2D eigenvalue weighted by molar-refractivity contribution is -0.125. The molecule has 1 aromatic heterocycles. The number of hydrogen-bond acceptors (Lipinski definition) is 4. The van der Waals surface area contributed by atoms with E-state index in [1.54, 1.807) is 6.07 Å². The van der Waals surface area contributed by atoms with Crippen molar-refractivity contribution < 1.29 is 18.4 Å². The number of rotatable bonds is 3. The number of amides is 1. The summed E-state index contributed by atoms with van der Waals surface area (Å²) in [7, 11) is 0. The van der Waals surface area contributed by atoms with Gasteiger partial charge in [0.15, 0.2) is 0 Å². The Morgan fingerprint density at radius 1 is 1.30 bits per heavy atom. The molecule has 0 aliphatic carbocycles. The zero-order valence-electron chi connectivity index (χ0n) is 11.6. The molecule has 0 spiro atoms. The zero-order valence-corrected chi connectivity index (χ0v) is 12.3. The summed E-state index contributed by atoms with van der Waals surface area (Å²) in [6.07, 6.45) is 0.500. The molecule has 3 rings (SSSR count). The highest BCUT2D eigenvalue weighted by atomic mass is 35.5. The average Bonchev–Trinajstić information content (AvgIpc) is 3.02. The summed E-state index contributed by atoms with van der Waals surface area (Å²) in [5.41, 5.74) is 0.596. The lowest BCUT2D eigenvalue weighted by atomic mass is 10.0. The summed E-state index contributed by atoms with van der Waals surface area (Å²) in [5, 5.41) is 6.56. The maximum Gasteiger partial charge on any atom is 0.268 e. The normalized spacial score (nSPS) is 16.7. The summed E-state index contributed by atoms with van der Waals surface area (Å²) in [6, 6.07) is 6.13. The number of halogens is 3. The first-order valence-electron chi connectivity index (χ1n) is 6.63. The minimum Gasteiger partial charge on any atom is -0.382 e. The van der Waals surface area contributed by atoms with Gasteiger partial charge in [-0.1, -0.05) is 16.8 Å². The molecule has 1 atom stereocenters. The van der Waals surface area contributed by atoms with E-state index in [0.717, 1.165) is 18.2 Å². The fourth-order valence-electron chi connectivity index (χ4n) is 2.07. The summed E-state index contributed by atoms with van der Waals surface area (Å²) in [4.78, 5) is 20.9. The predicted octanol–water partition coefficient (Wildman–Crippen LogP) is 3.14. The minimum absolute atomic E-state index is 0.0199. The molecule has 0 saturated heterocycles. The van der Waals surface area contributed by atoms with Crippen LogP contribution in [0.1, 0.15) is 12.0 Å². The van der Waals surface area contributed by atoms with Crippen LogP contribution < -0.4 is 5.32 Å². The number of nitrogens with one attached hydrogen (secondary N) is 1. The van der Waals surface area contributed by atoms with Crippen molar-refractivity contribution >= 4 is 28.9 Å². The molecule has 1 aromatic carbocycles. The minimum atomic E-state index is -0.927. The highest BCUT2D eigenvalue weighted by Crippen LogP contribution is 2.21. The molecular formula is C15H10ClF2N3O2. The van der Waals surface area contributed by atoms with E-state index in [4.69, 9.17) is 16.4 Å². The molecule has 2 heterocycles. The topological polar surface area (TPSA) is 63.6 Å². The van der Waals surface area contributed by atoms with E-state index in [1.807, 2.05) is 0 Å². The van der Waals surface area contributed by atoms with E-state index in [-0.39, 0.29) is 17.7 Å². The van der Waals surface area contributed by atoms with Gasteiger partial charge >= 0.3 is 0 Å². The van der Waals surface area contributed by atoms with Crippen molar-refractivity contribution in [1.82, 2.24) is 4.98 Å². The number of nitrogens with zero attached hydrogens (tertiary/aromatic N) is 2. The Labute approximate surface area is 134 Å². The van der Waals surface area contributed by atoms with E-state index in [2.05, 4.69) is 15.5 Å². The quantitative estimate of drug-likeness (QED) is 0.875. The largest absolute Gasteiger partial charge is 0.382 e. The van der Waals surface area contributed by atoms with Crippen LogP contribution in [0.5, 0.6) is 0 Å². The molecule has 0 saturated carbocycles. The van der Waals surface area contributed by atoms with E-state index >= 15 is 0 Å².